The van der Waals surface area contributed by atoms with Gasteiger partial charge in [-0.25, -0.2) is 0 Å². The monoisotopic (exact) mass is 254 g/mol. The van der Waals surface area contributed by atoms with E-state index in [0.29, 0.717) is 11.4 Å². The fourth-order valence-electron chi connectivity index (χ4n) is 1.90. The van der Waals surface area contributed by atoms with Gasteiger partial charge in [0.15, 0.2) is 0 Å². The highest BCUT2D eigenvalue weighted by molar-refractivity contribution is 6.30. The Morgan fingerprint density at radius 3 is 2.53 bits per heavy atom. The summed E-state index contributed by atoms with van der Waals surface area (Å²) in [6, 6.07) is 7.67. The van der Waals surface area contributed by atoms with Crippen LogP contribution in [0.4, 0.5) is 0 Å². The summed E-state index contributed by atoms with van der Waals surface area (Å²) < 4.78 is 4.76. The summed E-state index contributed by atoms with van der Waals surface area (Å²) in [4.78, 5) is 11.5. The molecule has 0 aliphatic heterocycles. The van der Waals surface area contributed by atoms with Gasteiger partial charge >= 0.3 is 5.97 Å². The van der Waals surface area contributed by atoms with Crippen LogP contribution in [0.1, 0.15) is 38.7 Å². The lowest BCUT2D eigenvalue weighted by molar-refractivity contribution is -0.141. The van der Waals surface area contributed by atoms with Gasteiger partial charge in [0, 0.05) is 5.02 Å². The molecule has 1 atom stereocenters. The summed E-state index contributed by atoms with van der Waals surface area (Å²) in [6.45, 7) is 6.34. The van der Waals surface area contributed by atoms with E-state index in [1.54, 1.807) is 0 Å². The van der Waals surface area contributed by atoms with Crippen molar-refractivity contribution < 1.29 is 9.53 Å². The number of carbonyl (C=O) groups is 1. The van der Waals surface area contributed by atoms with Crippen LogP contribution in [0, 0.1) is 5.41 Å². The van der Waals surface area contributed by atoms with Gasteiger partial charge in [0.2, 0.25) is 0 Å². The van der Waals surface area contributed by atoms with E-state index in [0.717, 1.165) is 5.56 Å². The van der Waals surface area contributed by atoms with Gasteiger partial charge in [0.1, 0.15) is 0 Å². The molecule has 1 aromatic carbocycles. The zero-order valence-corrected chi connectivity index (χ0v) is 11.5. The van der Waals surface area contributed by atoms with E-state index in [1.165, 1.54) is 7.11 Å². The highest BCUT2D eigenvalue weighted by atomic mass is 35.5. The van der Waals surface area contributed by atoms with Crippen molar-refractivity contribution in [3.8, 4) is 0 Å². The number of hydrogen-bond donors (Lipinski definition) is 0. The van der Waals surface area contributed by atoms with Crippen molar-refractivity contribution in [2.24, 2.45) is 5.41 Å². The first kappa shape index (κ1) is 14.0. The van der Waals surface area contributed by atoms with E-state index < -0.39 is 0 Å². The molecule has 0 spiro atoms. The molecule has 1 aromatic rings. The molecule has 0 aromatic heterocycles. The lowest BCUT2D eigenvalue weighted by Crippen LogP contribution is -2.22. The second-order valence-electron chi connectivity index (χ2n) is 5.25. The Morgan fingerprint density at radius 2 is 2.06 bits per heavy atom. The topological polar surface area (TPSA) is 26.3 Å². The maximum atomic E-state index is 11.5. The summed E-state index contributed by atoms with van der Waals surface area (Å²) in [7, 11) is 1.42. The van der Waals surface area contributed by atoms with Crippen molar-refractivity contribution in [1.29, 1.82) is 0 Å². The van der Waals surface area contributed by atoms with Gasteiger partial charge in [0.05, 0.1) is 13.5 Å². The number of esters is 1. The third-order valence-corrected chi connectivity index (χ3v) is 3.13. The number of hydrogen-bond acceptors (Lipinski definition) is 2. The molecule has 0 aliphatic carbocycles. The lowest BCUT2D eigenvalue weighted by Gasteiger charge is -2.30. The van der Waals surface area contributed by atoms with Gasteiger partial charge < -0.3 is 4.74 Å². The second-order valence-corrected chi connectivity index (χ2v) is 5.69. The SMILES string of the molecule is COC(=O)CC(c1cccc(Cl)c1)C(C)(C)C. The molecule has 1 unspecified atom stereocenters. The minimum absolute atomic E-state index is 0.0150. The summed E-state index contributed by atoms with van der Waals surface area (Å²) in [6.07, 6.45) is 0.375. The third kappa shape index (κ3) is 4.04. The molecule has 0 saturated carbocycles. The second kappa shape index (κ2) is 5.54. The smallest absolute Gasteiger partial charge is 0.306 e. The molecule has 0 heterocycles. The van der Waals surface area contributed by atoms with Crippen molar-refractivity contribution in [2.45, 2.75) is 33.1 Å². The largest absolute Gasteiger partial charge is 0.469 e. The number of ether oxygens (including phenoxy) is 1. The summed E-state index contributed by atoms with van der Waals surface area (Å²) in [5.41, 5.74) is 1.06. The Hall–Kier alpha value is -1.02. The molecular weight excluding hydrogens is 236 g/mol. The number of halogens is 1. The van der Waals surface area contributed by atoms with Gasteiger partial charge in [-0.05, 0) is 29.0 Å². The van der Waals surface area contributed by atoms with Crippen LogP contribution in [0.25, 0.3) is 0 Å². The fraction of sp³-hybridized carbons (Fsp3) is 0.500. The van der Waals surface area contributed by atoms with Gasteiger partial charge in [-0.1, -0.05) is 44.5 Å². The van der Waals surface area contributed by atoms with Crippen LogP contribution in [-0.4, -0.2) is 13.1 Å². The zero-order valence-electron chi connectivity index (χ0n) is 10.8. The van der Waals surface area contributed by atoms with Gasteiger partial charge in [-0.2, -0.15) is 0 Å². The third-order valence-electron chi connectivity index (χ3n) is 2.89. The normalized spacial score (nSPS) is 13.2. The van der Waals surface area contributed by atoms with E-state index in [-0.39, 0.29) is 17.3 Å². The molecule has 2 nitrogen and oxygen atoms in total. The van der Waals surface area contributed by atoms with Crippen LogP contribution in [0.2, 0.25) is 5.02 Å². The molecule has 1 rings (SSSR count). The van der Waals surface area contributed by atoms with Crippen molar-refractivity contribution in [3.05, 3.63) is 34.9 Å². The molecule has 0 radical (unpaired) electrons. The number of benzene rings is 1. The predicted molar refractivity (Wildman–Crippen MR) is 70.3 cm³/mol. The maximum absolute atomic E-state index is 11.5. The van der Waals surface area contributed by atoms with Crippen molar-refractivity contribution >= 4 is 17.6 Å². The van der Waals surface area contributed by atoms with E-state index in [1.807, 2.05) is 24.3 Å². The van der Waals surface area contributed by atoms with Gasteiger partial charge in [0.25, 0.3) is 0 Å². The van der Waals surface area contributed by atoms with Crippen molar-refractivity contribution in [1.82, 2.24) is 0 Å². The number of rotatable bonds is 3. The van der Waals surface area contributed by atoms with Crippen molar-refractivity contribution in [2.75, 3.05) is 7.11 Å². The molecule has 3 heteroatoms. The molecule has 0 aliphatic rings. The first-order valence-electron chi connectivity index (χ1n) is 5.67. The summed E-state index contributed by atoms with van der Waals surface area (Å²) in [5.74, 6) is -0.0847. The van der Waals surface area contributed by atoms with E-state index >= 15 is 0 Å². The quantitative estimate of drug-likeness (QED) is 0.761. The molecule has 94 valence electrons. The molecule has 0 N–H and O–H groups in total. The molecule has 0 bridgehead atoms. The van der Waals surface area contributed by atoms with Crippen LogP contribution < -0.4 is 0 Å². The molecule has 17 heavy (non-hydrogen) atoms. The van der Waals surface area contributed by atoms with E-state index in [4.69, 9.17) is 16.3 Å². The van der Waals surface area contributed by atoms with Crippen LogP contribution >= 0.6 is 11.6 Å². The Morgan fingerprint density at radius 1 is 1.41 bits per heavy atom. The zero-order chi connectivity index (χ0) is 13.1. The average Bonchev–Trinajstić information content (AvgIpc) is 2.23. The van der Waals surface area contributed by atoms with Gasteiger partial charge in [-0.3, -0.25) is 4.79 Å². The Bertz CT molecular complexity index is 393. The number of carbonyl (C=O) groups excluding carboxylic acids is 1. The van der Waals surface area contributed by atoms with Crippen LogP contribution in [0.5, 0.6) is 0 Å². The van der Waals surface area contributed by atoms with Crippen molar-refractivity contribution in [3.63, 3.8) is 0 Å². The summed E-state index contributed by atoms with van der Waals surface area (Å²) >= 11 is 5.99. The molecule has 0 fully saturated rings. The Balaban J connectivity index is 3.02. The molecule has 0 amide bonds. The van der Waals surface area contributed by atoms with E-state index in [9.17, 15) is 4.79 Å². The highest BCUT2D eigenvalue weighted by Gasteiger charge is 2.28. The standard InChI is InChI=1S/C14H19ClO2/c1-14(2,3)12(9-13(16)17-4)10-6-5-7-11(15)8-10/h5-8,12H,9H2,1-4H3. The predicted octanol–water partition coefficient (Wildman–Crippen LogP) is 4.03. The lowest BCUT2D eigenvalue weighted by atomic mass is 9.75. The average molecular weight is 255 g/mol. The first-order chi connectivity index (χ1) is 7.84. The Labute approximate surface area is 108 Å². The number of methoxy groups -OCH3 is 1. The minimum atomic E-state index is -0.190. The van der Waals surface area contributed by atoms with Gasteiger partial charge in [-0.15, -0.1) is 0 Å². The first-order valence-corrected chi connectivity index (χ1v) is 6.04. The highest BCUT2D eigenvalue weighted by Crippen LogP contribution is 2.38. The summed E-state index contributed by atoms with van der Waals surface area (Å²) in [5, 5.41) is 0.696. The fourth-order valence-corrected chi connectivity index (χ4v) is 2.10. The molecular formula is C14H19ClO2. The minimum Gasteiger partial charge on any atom is -0.469 e. The van der Waals surface area contributed by atoms with E-state index in [2.05, 4.69) is 20.8 Å². The van der Waals surface area contributed by atoms with Crippen LogP contribution in [-0.2, 0) is 9.53 Å². The maximum Gasteiger partial charge on any atom is 0.306 e. The molecule has 0 saturated heterocycles. The van der Waals surface area contributed by atoms with Crippen LogP contribution in [0.15, 0.2) is 24.3 Å². The van der Waals surface area contributed by atoms with Crippen LogP contribution in [0.3, 0.4) is 0 Å². The Kier molecular flexibility index (Phi) is 4.58.